The highest BCUT2D eigenvalue weighted by atomic mass is 79.9. The molecule has 0 aliphatic carbocycles. The van der Waals surface area contributed by atoms with Crippen LogP contribution in [0.3, 0.4) is 0 Å². The number of carbonyl (C=O) groups is 1. The van der Waals surface area contributed by atoms with Crippen LogP contribution in [0.4, 0.5) is 5.69 Å². The Morgan fingerprint density at radius 1 is 1.18 bits per heavy atom. The monoisotopic (exact) mass is 579 g/mol. The van der Waals surface area contributed by atoms with Crippen LogP contribution in [-0.2, 0) is 17.9 Å². The second-order valence-electron chi connectivity index (χ2n) is 8.42. The first kappa shape index (κ1) is 26.8. The minimum absolute atomic E-state index is 0.0997. The lowest BCUT2D eigenvalue weighted by atomic mass is 10.1. The van der Waals surface area contributed by atoms with E-state index in [9.17, 15) is 14.9 Å². The molecular formula is C27H26BrN5O5. The molecule has 4 rings (SSSR count). The number of benzene rings is 3. The fourth-order valence-electron chi connectivity index (χ4n) is 4.09. The van der Waals surface area contributed by atoms with E-state index in [2.05, 4.69) is 49.8 Å². The van der Waals surface area contributed by atoms with Crippen LogP contribution in [0.1, 0.15) is 29.4 Å². The van der Waals surface area contributed by atoms with Crippen LogP contribution >= 0.6 is 15.9 Å². The van der Waals surface area contributed by atoms with Crippen molar-refractivity contribution in [3.05, 3.63) is 91.7 Å². The van der Waals surface area contributed by atoms with Crippen molar-refractivity contribution in [2.45, 2.75) is 33.9 Å². The summed E-state index contributed by atoms with van der Waals surface area (Å²) in [6.07, 6.45) is 1.48. The van der Waals surface area contributed by atoms with E-state index in [1.54, 1.807) is 19.1 Å². The van der Waals surface area contributed by atoms with E-state index in [0.717, 1.165) is 16.3 Å². The van der Waals surface area contributed by atoms with Crippen molar-refractivity contribution in [2.24, 2.45) is 5.10 Å². The number of amides is 1. The molecule has 1 aromatic heterocycles. The Morgan fingerprint density at radius 2 is 1.95 bits per heavy atom. The lowest BCUT2D eigenvalue weighted by Crippen LogP contribution is -2.24. The van der Waals surface area contributed by atoms with Crippen molar-refractivity contribution in [3.8, 4) is 11.5 Å². The Bertz CT molecular complexity index is 1530. The maximum absolute atomic E-state index is 12.3. The van der Waals surface area contributed by atoms with E-state index in [1.165, 1.54) is 17.8 Å². The number of aryl methyl sites for hydroxylation is 1. The number of halogens is 1. The second-order valence-corrected chi connectivity index (χ2v) is 9.27. The van der Waals surface area contributed by atoms with Gasteiger partial charge in [-0.05, 0) is 70.7 Å². The number of rotatable bonds is 10. The molecule has 0 atom stereocenters. The normalized spacial score (nSPS) is 11.2. The predicted octanol–water partition coefficient (Wildman–Crippen LogP) is 5.45. The molecule has 0 aliphatic rings. The van der Waals surface area contributed by atoms with Crippen molar-refractivity contribution in [1.29, 1.82) is 0 Å². The van der Waals surface area contributed by atoms with Crippen LogP contribution in [0.25, 0.3) is 10.8 Å². The second kappa shape index (κ2) is 11.9. The Kier molecular flexibility index (Phi) is 8.37. The largest absolute Gasteiger partial charge is 0.490 e. The topological polar surface area (TPSA) is 121 Å². The third kappa shape index (κ3) is 6.00. The van der Waals surface area contributed by atoms with E-state index in [4.69, 9.17) is 9.47 Å². The number of aromatic nitrogens is 2. The fourth-order valence-corrected chi connectivity index (χ4v) is 4.66. The van der Waals surface area contributed by atoms with Gasteiger partial charge in [-0.3, -0.25) is 19.6 Å². The summed E-state index contributed by atoms with van der Waals surface area (Å²) < 4.78 is 13.9. The van der Waals surface area contributed by atoms with Gasteiger partial charge in [0.15, 0.2) is 11.5 Å². The number of nitrogens with zero attached hydrogens (tertiary/aromatic N) is 4. The highest BCUT2D eigenvalue weighted by molar-refractivity contribution is 9.10. The first-order chi connectivity index (χ1) is 18.3. The zero-order valence-corrected chi connectivity index (χ0v) is 22.7. The quantitative estimate of drug-likeness (QED) is 0.151. The summed E-state index contributed by atoms with van der Waals surface area (Å²) in [5.74, 6) is 0.623. The smallest absolute Gasteiger partial charge is 0.312 e. The SMILES string of the molecule is CCOc1cc(C=NNC(=O)Cn2nc(C)c([N+](=O)[O-])c2C)cc(Br)c1OCc1cccc2ccccc12. The molecule has 11 heteroatoms. The Balaban J connectivity index is 1.45. The van der Waals surface area contributed by atoms with Crippen molar-refractivity contribution in [2.75, 3.05) is 6.61 Å². The predicted molar refractivity (Wildman–Crippen MR) is 148 cm³/mol. The maximum Gasteiger partial charge on any atom is 0.312 e. The van der Waals surface area contributed by atoms with E-state index in [-0.39, 0.29) is 17.9 Å². The van der Waals surface area contributed by atoms with Gasteiger partial charge < -0.3 is 9.47 Å². The van der Waals surface area contributed by atoms with E-state index in [0.29, 0.717) is 40.4 Å². The van der Waals surface area contributed by atoms with Crippen molar-refractivity contribution in [1.82, 2.24) is 15.2 Å². The fraction of sp³-hybridized carbons (Fsp3) is 0.222. The lowest BCUT2D eigenvalue weighted by molar-refractivity contribution is -0.386. The third-order valence-corrected chi connectivity index (χ3v) is 6.39. The number of hydrazone groups is 1. The summed E-state index contributed by atoms with van der Waals surface area (Å²) in [5.41, 5.74) is 4.60. The molecule has 3 aromatic carbocycles. The molecule has 38 heavy (non-hydrogen) atoms. The lowest BCUT2D eigenvalue weighted by Gasteiger charge is -2.15. The molecule has 196 valence electrons. The molecule has 0 spiro atoms. The molecular weight excluding hydrogens is 554 g/mol. The van der Waals surface area contributed by atoms with Gasteiger partial charge in [-0.2, -0.15) is 10.2 Å². The Labute approximate surface area is 227 Å². The molecule has 0 fully saturated rings. The van der Waals surface area contributed by atoms with Gasteiger partial charge in [0.1, 0.15) is 24.5 Å². The van der Waals surface area contributed by atoms with Gasteiger partial charge >= 0.3 is 5.69 Å². The zero-order valence-electron chi connectivity index (χ0n) is 21.1. The van der Waals surface area contributed by atoms with Crippen molar-refractivity contribution in [3.63, 3.8) is 0 Å². The van der Waals surface area contributed by atoms with E-state index < -0.39 is 10.8 Å². The van der Waals surface area contributed by atoms with Gasteiger partial charge in [-0.25, -0.2) is 5.43 Å². The summed E-state index contributed by atoms with van der Waals surface area (Å²) in [6.45, 7) is 5.54. The third-order valence-electron chi connectivity index (χ3n) is 5.81. The van der Waals surface area contributed by atoms with Gasteiger partial charge in [0.2, 0.25) is 0 Å². The van der Waals surface area contributed by atoms with Crippen molar-refractivity contribution >= 4 is 44.5 Å². The summed E-state index contributed by atoms with van der Waals surface area (Å²) in [4.78, 5) is 23.0. The van der Waals surface area contributed by atoms with Crippen LogP contribution in [0, 0.1) is 24.0 Å². The molecule has 0 radical (unpaired) electrons. The minimum Gasteiger partial charge on any atom is -0.490 e. The highest BCUT2D eigenvalue weighted by Crippen LogP contribution is 2.37. The van der Waals surface area contributed by atoms with E-state index >= 15 is 0 Å². The van der Waals surface area contributed by atoms with E-state index in [1.807, 2.05) is 31.2 Å². The first-order valence-electron chi connectivity index (χ1n) is 11.8. The van der Waals surface area contributed by atoms with Crippen LogP contribution < -0.4 is 14.9 Å². The number of hydrogen-bond acceptors (Lipinski definition) is 7. The van der Waals surface area contributed by atoms with Crippen molar-refractivity contribution < 1.29 is 19.2 Å². The number of carbonyl (C=O) groups excluding carboxylic acids is 1. The van der Waals surface area contributed by atoms with Gasteiger partial charge in [-0.1, -0.05) is 42.5 Å². The van der Waals surface area contributed by atoms with Crippen LogP contribution in [0.2, 0.25) is 0 Å². The summed E-state index contributed by atoms with van der Waals surface area (Å²) >= 11 is 3.56. The standard InChI is InChI=1S/C27H26BrN5O5/c1-4-37-24-13-19(14-29-30-25(34)15-32-18(3)26(33(35)36)17(2)31-32)12-23(28)27(24)38-16-21-10-7-9-20-8-5-6-11-22(20)21/h5-14H,4,15-16H2,1-3H3,(H,30,34). The van der Waals surface area contributed by atoms with Gasteiger partial charge in [0.05, 0.1) is 22.2 Å². The molecule has 1 N–H and O–H groups in total. The zero-order chi connectivity index (χ0) is 27.2. The number of hydrogen-bond donors (Lipinski definition) is 1. The number of fused-ring (bicyclic) bond motifs is 1. The van der Waals surface area contributed by atoms with Gasteiger partial charge in [0, 0.05) is 0 Å². The Morgan fingerprint density at radius 3 is 2.68 bits per heavy atom. The average molecular weight is 580 g/mol. The summed E-state index contributed by atoms with van der Waals surface area (Å²) in [6, 6.07) is 17.8. The van der Waals surface area contributed by atoms with Crippen LogP contribution in [0.5, 0.6) is 11.5 Å². The minimum atomic E-state index is -0.506. The molecule has 0 bridgehead atoms. The summed E-state index contributed by atoms with van der Waals surface area (Å²) in [5, 5.41) is 21.5. The molecule has 0 unspecified atom stereocenters. The molecule has 1 amide bonds. The van der Waals surface area contributed by atoms with Crippen LogP contribution in [-0.4, -0.2) is 33.4 Å². The number of ether oxygens (including phenoxy) is 2. The molecule has 0 saturated carbocycles. The maximum atomic E-state index is 12.3. The van der Waals surface area contributed by atoms with Gasteiger partial charge in [0.25, 0.3) is 5.91 Å². The highest BCUT2D eigenvalue weighted by Gasteiger charge is 2.22. The molecule has 0 aliphatic heterocycles. The summed E-state index contributed by atoms with van der Waals surface area (Å²) in [7, 11) is 0. The Hall–Kier alpha value is -4.25. The molecule has 4 aromatic rings. The average Bonchev–Trinajstić information content (AvgIpc) is 3.16. The molecule has 0 saturated heterocycles. The molecule has 1 heterocycles. The molecule has 10 nitrogen and oxygen atoms in total. The number of nitro groups is 1. The van der Waals surface area contributed by atoms with Gasteiger partial charge in [-0.15, -0.1) is 0 Å². The number of nitrogens with one attached hydrogen (secondary N) is 1. The first-order valence-corrected chi connectivity index (χ1v) is 12.6. The van der Waals surface area contributed by atoms with Crippen LogP contribution in [0.15, 0.2) is 64.2 Å².